The highest BCUT2D eigenvalue weighted by Crippen LogP contribution is 2.20. The Labute approximate surface area is 162 Å². The van der Waals surface area contributed by atoms with Gasteiger partial charge in [-0.2, -0.15) is 5.10 Å². The largest absolute Gasteiger partial charge is 0.322 e. The molecule has 5 heteroatoms. The lowest BCUT2D eigenvalue weighted by Crippen LogP contribution is -2.21. The van der Waals surface area contributed by atoms with E-state index in [1.807, 2.05) is 62.4 Å². The molecule has 0 aliphatic rings. The van der Waals surface area contributed by atoms with Crippen molar-refractivity contribution in [1.29, 1.82) is 0 Å². The Morgan fingerprint density at radius 3 is 2.21 bits per heavy atom. The van der Waals surface area contributed by atoms with Crippen LogP contribution in [0.5, 0.6) is 0 Å². The van der Waals surface area contributed by atoms with Crippen LogP contribution in [-0.4, -0.2) is 21.6 Å². The van der Waals surface area contributed by atoms with Gasteiger partial charge in [-0.1, -0.05) is 42.5 Å². The van der Waals surface area contributed by atoms with Crippen LogP contribution in [0.3, 0.4) is 0 Å². The first-order valence-corrected chi connectivity index (χ1v) is 9.00. The lowest BCUT2D eigenvalue weighted by molar-refractivity contribution is 0.0930. The van der Waals surface area contributed by atoms with Crippen molar-refractivity contribution in [2.24, 2.45) is 0 Å². The van der Waals surface area contributed by atoms with E-state index in [9.17, 15) is 9.59 Å². The molecule has 3 aromatic carbocycles. The van der Waals surface area contributed by atoms with E-state index in [4.69, 9.17) is 0 Å². The van der Waals surface area contributed by atoms with Gasteiger partial charge in [0.1, 0.15) is 0 Å². The van der Waals surface area contributed by atoms with E-state index in [0.717, 1.165) is 22.2 Å². The van der Waals surface area contributed by atoms with Crippen molar-refractivity contribution in [2.75, 3.05) is 5.32 Å². The molecule has 0 radical (unpaired) electrons. The minimum Gasteiger partial charge on any atom is -0.322 e. The average molecular weight is 369 g/mol. The summed E-state index contributed by atoms with van der Waals surface area (Å²) in [5.74, 6) is -0.657. The molecule has 0 atom stereocenters. The summed E-state index contributed by atoms with van der Waals surface area (Å²) in [5, 5.41) is 9.27. The van der Waals surface area contributed by atoms with Crippen molar-refractivity contribution in [3.8, 4) is 0 Å². The van der Waals surface area contributed by atoms with Gasteiger partial charge < -0.3 is 5.32 Å². The van der Waals surface area contributed by atoms with Crippen LogP contribution in [0.15, 0.2) is 72.8 Å². The number of fused-ring (bicyclic) bond motifs is 1. The van der Waals surface area contributed by atoms with Gasteiger partial charge in [0, 0.05) is 11.4 Å². The number of anilines is 1. The average Bonchev–Trinajstić information content (AvgIpc) is 3.05. The molecule has 4 aromatic rings. The summed E-state index contributed by atoms with van der Waals surface area (Å²) in [6.45, 7) is 3.64. The molecule has 4 rings (SSSR count). The van der Waals surface area contributed by atoms with Crippen molar-refractivity contribution < 1.29 is 9.59 Å². The molecular weight excluding hydrogens is 350 g/mol. The third-order valence-electron chi connectivity index (χ3n) is 4.61. The van der Waals surface area contributed by atoms with Gasteiger partial charge in [0.15, 0.2) is 0 Å². The Kier molecular flexibility index (Phi) is 4.49. The van der Waals surface area contributed by atoms with Crippen LogP contribution in [0.2, 0.25) is 0 Å². The summed E-state index contributed by atoms with van der Waals surface area (Å²) < 4.78 is 1.33. The Balaban J connectivity index is 1.66. The molecule has 1 heterocycles. The van der Waals surface area contributed by atoms with Crippen molar-refractivity contribution in [3.63, 3.8) is 0 Å². The number of aryl methyl sites for hydroxylation is 2. The molecular formula is C23H19N3O2. The second-order valence-electron chi connectivity index (χ2n) is 6.71. The lowest BCUT2D eigenvalue weighted by atomic mass is 10.1. The first kappa shape index (κ1) is 17.7. The third-order valence-corrected chi connectivity index (χ3v) is 4.61. The monoisotopic (exact) mass is 369 g/mol. The van der Waals surface area contributed by atoms with Gasteiger partial charge in [-0.15, -0.1) is 0 Å². The van der Waals surface area contributed by atoms with E-state index in [0.29, 0.717) is 16.8 Å². The molecule has 138 valence electrons. The number of hydrogen-bond acceptors (Lipinski definition) is 3. The second-order valence-corrected chi connectivity index (χ2v) is 6.71. The molecule has 0 saturated heterocycles. The topological polar surface area (TPSA) is 64.0 Å². The Bertz CT molecular complexity index is 1210. The van der Waals surface area contributed by atoms with E-state index in [-0.39, 0.29) is 11.8 Å². The summed E-state index contributed by atoms with van der Waals surface area (Å²) in [7, 11) is 0. The maximum atomic E-state index is 13.0. The van der Waals surface area contributed by atoms with E-state index >= 15 is 0 Å². The van der Waals surface area contributed by atoms with Gasteiger partial charge in [0.25, 0.3) is 11.8 Å². The number of carbonyl (C=O) groups is 2. The van der Waals surface area contributed by atoms with Crippen molar-refractivity contribution in [2.45, 2.75) is 13.8 Å². The van der Waals surface area contributed by atoms with Crippen LogP contribution in [0.1, 0.15) is 32.1 Å². The second kappa shape index (κ2) is 7.12. The number of nitrogens with one attached hydrogen (secondary N) is 1. The Morgan fingerprint density at radius 1 is 0.821 bits per heavy atom. The zero-order valence-corrected chi connectivity index (χ0v) is 15.6. The van der Waals surface area contributed by atoms with Crippen LogP contribution >= 0.6 is 0 Å². The lowest BCUT2D eigenvalue weighted by Gasteiger charge is -2.11. The number of aromatic nitrogens is 2. The van der Waals surface area contributed by atoms with Gasteiger partial charge in [0.2, 0.25) is 0 Å². The standard InChI is InChI=1S/C23H19N3O2/c1-15-13-16(2)26(25-15)23(28)21-10-6-5-9-20(21)22(27)24-19-12-11-17-7-3-4-8-18(17)14-19/h3-14H,1-2H3,(H,24,27). The van der Waals surface area contributed by atoms with Gasteiger partial charge in [-0.25, -0.2) is 4.68 Å². The Morgan fingerprint density at radius 2 is 1.50 bits per heavy atom. The summed E-state index contributed by atoms with van der Waals surface area (Å²) in [6.07, 6.45) is 0. The summed E-state index contributed by atoms with van der Waals surface area (Å²) >= 11 is 0. The van der Waals surface area contributed by atoms with Crippen LogP contribution in [0.25, 0.3) is 10.8 Å². The highest BCUT2D eigenvalue weighted by atomic mass is 16.2. The van der Waals surface area contributed by atoms with Gasteiger partial charge in [0.05, 0.1) is 16.8 Å². The van der Waals surface area contributed by atoms with Crippen LogP contribution in [-0.2, 0) is 0 Å². The van der Waals surface area contributed by atoms with Gasteiger partial charge in [-0.3, -0.25) is 9.59 Å². The quantitative estimate of drug-likeness (QED) is 0.574. The van der Waals surface area contributed by atoms with Gasteiger partial charge >= 0.3 is 0 Å². The summed E-state index contributed by atoms with van der Waals surface area (Å²) in [5.41, 5.74) is 2.79. The zero-order chi connectivity index (χ0) is 19.7. The van der Waals surface area contributed by atoms with E-state index < -0.39 is 0 Å². The minimum absolute atomic E-state index is 0.312. The fourth-order valence-corrected chi connectivity index (χ4v) is 3.28. The van der Waals surface area contributed by atoms with E-state index in [2.05, 4.69) is 10.4 Å². The number of nitrogens with zero attached hydrogens (tertiary/aromatic N) is 2. The minimum atomic E-state index is -0.333. The molecule has 1 amide bonds. The number of benzene rings is 3. The molecule has 5 nitrogen and oxygen atoms in total. The third kappa shape index (κ3) is 3.30. The van der Waals surface area contributed by atoms with Crippen LogP contribution < -0.4 is 5.32 Å². The van der Waals surface area contributed by atoms with E-state index in [1.54, 1.807) is 24.3 Å². The molecule has 0 aliphatic heterocycles. The smallest absolute Gasteiger partial charge is 0.279 e. The highest BCUT2D eigenvalue weighted by Gasteiger charge is 2.20. The molecule has 1 aromatic heterocycles. The maximum Gasteiger partial charge on any atom is 0.279 e. The maximum absolute atomic E-state index is 13.0. The summed E-state index contributed by atoms with van der Waals surface area (Å²) in [4.78, 5) is 25.9. The fourth-order valence-electron chi connectivity index (χ4n) is 3.28. The van der Waals surface area contributed by atoms with E-state index in [1.165, 1.54) is 4.68 Å². The van der Waals surface area contributed by atoms with Gasteiger partial charge in [-0.05, 0) is 55.0 Å². The normalized spacial score (nSPS) is 10.8. The first-order chi connectivity index (χ1) is 13.5. The van der Waals surface area contributed by atoms with Crippen LogP contribution in [0, 0.1) is 13.8 Å². The molecule has 0 bridgehead atoms. The molecule has 28 heavy (non-hydrogen) atoms. The molecule has 0 spiro atoms. The predicted octanol–water partition coefficient (Wildman–Crippen LogP) is 4.59. The Hall–Kier alpha value is -3.73. The van der Waals surface area contributed by atoms with Crippen LogP contribution in [0.4, 0.5) is 5.69 Å². The molecule has 0 unspecified atom stereocenters. The fraction of sp³-hybridized carbons (Fsp3) is 0.0870. The van der Waals surface area contributed by atoms with Crippen molar-refractivity contribution >= 4 is 28.3 Å². The number of carbonyl (C=O) groups excluding carboxylic acids is 2. The molecule has 0 fully saturated rings. The van der Waals surface area contributed by atoms with Crippen molar-refractivity contribution in [3.05, 3.63) is 95.3 Å². The van der Waals surface area contributed by atoms with Crippen molar-refractivity contribution in [1.82, 2.24) is 9.78 Å². The highest BCUT2D eigenvalue weighted by molar-refractivity contribution is 6.12. The number of hydrogen-bond donors (Lipinski definition) is 1. The SMILES string of the molecule is Cc1cc(C)n(C(=O)c2ccccc2C(=O)Nc2ccc3ccccc3c2)n1. The zero-order valence-electron chi connectivity index (χ0n) is 15.6. The molecule has 1 N–H and O–H groups in total. The first-order valence-electron chi connectivity index (χ1n) is 9.00. The molecule has 0 aliphatic carbocycles. The number of rotatable bonds is 3. The predicted molar refractivity (Wildman–Crippen MR) is 110 cm³/mol. The molecule has 0 saturated carbocycles. The number of amides is 1. The summed E-state index contributed by atoms with van der Waals surface area (Å²) in [6, 6.07) is 22.3.